The molecule has 0 aliphatic carbocycles. The van der Waals surface area contributed by atoms with Crippen molar-refractivity contribution >= 4 is 69.0 Å². The van der Waals surface area contributed by atoms with Gasteiger partial charge in [0.15, 0.2) is 0 Å². The molecule has 0 bridgehead atoms. The molecule has 5 rings (SSSR count). The number of nitrogens with zero attached hydrogens (tertiary/aromatic N) is 8. The molecule has 0 fully saturated rings. The van der Waals surface area contributed by atoms with E-state index >= 15 is 0 Å². The Labute approximate surface area is 322 Å². The summed E-state index contributed by atoms with van der Waals surface area (Å²) in [4.78, 5) is 21.7. The Balaban J connectivity index is 1.11. The molecular weight excluding hydrogens is 724 g/mol. The number of azo groups is 4. The van der Waals surface area contributed by atoms with Crippen LogP contribution in [0.25, 0.3) is 0 Å². The summed E-state index contributed by atoms with van der Waals surface area (Å²) in [5.41, 5.74) is 6.94. The van der Waals surface area contributed by atoms with Crippen molar-refractivity contribution in [1.29, 1.82) is 0 Å². The maximum Gasteiger partial charge on any atom is 0.302 e. The maximum absolute atomic E-state index is 10.9. The van der Waals surface area contributed by atoms with E-state index in [0.717, 1.165) is 11.1 Å². The first kappa shape index (κ1) is 39.5. The SMILES string of the molecule is CC(=O)OCCOc1ccc(N=Nc2ccc(N=Nc3ccc(N=Nc4ccc(N=Nc5ccc(OCCOC(C)=O)cc5Cl)cc4)c(C)c3)c(C)c2)cc1. The Hall–Kier alpha value is -6.67. The highest BCUT2D eigenvalue weighted by Crippen LogP contribution is 2.33. The zero-order valence-electron chi connectivity index (χ0n) is 30.5. The van der Waals surface area contributed by atoms with Gasteiger partial charge in [-0.3, -0.25) is 9.59 Å². The monoisotopic (exact) mass is 760 g/mol. The van der Waals surface area contributed by atoms with Gasteiger partial charge in [0, 0.05) is 19.9 Å². The molecule has 280 valence electrons. The molecule has 0 radical (unpaired) electrons. The lowest BCUT2D eigenvalue weighted by atomic mass is 10.2. The van der Waals surface area contributed by atoms with E-state index in [9.17, 15) is 9.59 Å². The van der Waals surface area contributed by atoms with Crippen LogP contribution in [0.15, 0.2) is 144 Å². The number of benzene rings is 5. The lowest BCUT2D eigenvalue weighted by molar-refractivity contribution is -0.142. The number of esters is 2. The van der Waals surface area contributed by atoms with E-state index in [1.165, 1.54) is 13.8 Å². The summed E-state index contributed by atoms with van der Waals surface area (Å²) in [5.74, 6) is 0.465. The topological polar surface area (TPSA) is 170 Å². The van der Waals surface area contributed by atoms with Crippen LogP contribution in [0.3, 0.4) is 0 Å². The second-order valence-electron chi connectivity index (χ2n) is 11.7. The number of hydrogen-bond acceptors (Lipinski definition) is 14. The molecule has 0 saturated carbocycles. The molecule has 0 saturated heterocycles. The third kappa shape index (κ3) is 13.0. The highest BCUT2D eigenvalue weighted by atomic mass is 35.5. The Morgan fingerprint density at radius 1 is 0.455 bits per heavy atom. The predicted octanol–water partition coefficient (Wildman–Crippen LogP) is 12.5. The largest absolute Gasteiger partial charge is 0.490 e. The lowest BCUT2D eigenvalue weighted by Crippen LogP contribution is -2.09. The van der Waals surface area contributed by atoms with Gasteiger partial charge >= 0.3 is 11.9 Å². The van der Waals surface area contributed by atoms with Crippen LogP contribution in [-0.4, -0.2) is 38.4 Å². The first-order valence-corrected chi connectivity index (χ1v) is 17.4. The number of hydrogen-bond donors (Lipinski definition) is 0. The fraction of sp³-hybridized carbons (Fsp3) is 0.200. The van der Waals surface area contributed by atoms with Gasteiger partial charge in [0.05, 0.1) is 44.8 Å². The standard InChI is InChI=1S/C40H37ClN8O6/c1-26-23-33(45-42-32-9-13-35(14-10-32)54-21-19-52-28(3)50)11-16-39(26)48-46-34-12-17-38(27(2)24-34)47-43-30-5-7-31(8-6-30)44-49-40-18-15-36(25-37(40)41)55-22-20-53-29(4)51/h5-18,23-25H,19-22H2,1-4H3. The maximum atomic E-state index is 10.9. The van der Waals surface area contributed by atoms with E-state index in [1.807, 2.05) is 50.2 Å². The first-order chi connectivity index (χ1) is 26.6. The van der Waals surface area contributed by atoms with E-state index < -0.39 is 0 Å². The smallest absolute Gasteiger partial charge is 0.302 e. The van der Waals surface area contributed by atoms with Gasteiger partial charge in [-0.2, -0.15) is 35.8 Å². The van der Waals surface area contributed by atoms with Crippen molar-refractivity contribution in [2.24, 2.45) is 40.9 Å². The van der Waals surface area contributed by atoms with Gasteiger partial charge in [0.2, 0.25) is 0 Å². The molecular formula is C40H37ClN8O6. The van der Waals surface area contributed by atoms with Gasteiger partial charge in [0.25, 0.3) is 0 Å². The van der Waals surface area contributed by atoms with Gasteiger partial charge in [-0.25, -0.2) is 0 Å². The number of ether oxygens (including phenoxy) is 4. The van der Waals surface area contributed by atoms with Gasteiger partial charge < -0.3 is 18.9 Å². The molecule has 14 nitrogen and oxygen atoms in total. The molecule has 0 spiro atoms. The molecule has 0 unspecified atom stereocenters. The van der Waals surface area contributed by atoms with Crippen molar-refractivity contribution in [3.05, 3.63) is 119 Å². The Bertz CT molecular complexity index is 2220. The molecule has 15 heteroatoms. The second-order valence-corrected chi connectivity index (χ2v) is 12.1. The van der Waals surface area contributed by atoms with Crippen molar-refractivity contribution in [3.8, 4) is 11.5 Å². The van der Waals surface area contributed by atoms with E-state index in [0.29, 0.717) is 62.0 Å². The van der Waals surface area contributed by atoms with Crippen molar-refractivity contribution in [2.75, 3.05) is 26.4 Å². The fourth-order valence-electron chi connectivity index (χ4n) is 4.62. The van der Waals surface area contributed by atoms with Gasteiger partial charge in [-0.05, 0) is 122 Å². The summed E-state index contributed by atoms with van der Waals surface area (Å²) in [6, 6.07) is 30.4. The quantitative estimate of drug-likeness (QED) is 0.0550. The summed E-state index contributed by atoms with van der Waals surface area (Å²) in [5, 5.41) is 35.1. The Morgan fingerprint density at radius 3 is 1.29 bits per heavy atom. The zero-order valence-corrected chi connectivity index (χ0v) is 31.3. The predicted molar refractivity (Wildman–Crippen MR) is 208 cm³/mol. The lowest BCUT2D eigenvalue weighted by Gasteiger charge is -2.07. The van der Waals surface area contributed by atoms with Crippen molar-refractivity contribution in [1.82, 2.24) is 0 Å². The number of aryl methyl sites for hydroxylation is 2. The molecule has 0 aromatic heterocycles. The fourth-order valence-corrected chi connectivity index (χ4v) is 4.83. The van der Waals surface area contributed by atoms with Crippen LogP contribution in [0.2, 0.25) is 5.02 Å². The molecule has 0 N–H and O–H groups in total. The first-order valence-electron chi connectivity index (χ1n) is 17.0. The number of carbonyl (C=O) groups excluding carboxylic acids is 2. The summed E-state index contributed by atoms with van der Waals surface area (Å²) in [7, 11) is 0. The molecule has 5 aromatic rings. The summed E-state index contributed by atoms with van der Waals surface area (Å²) in [6.07, 6.45) is 0. The van der Waals surface area contributed by atoms with E-state index in [-0.39, 0.29) is 38.4 Å². The molecule has 0 aliphatic rings. The average Bonchev–Trinajstić information content (AvgIpc) is 3.17. The van der Waals surface area contributed by atoms with Crippen LogP contribution >= 0.6 is 11.6 Å². The van der Waals surface area contributed by atoms with Crippen molar-refractivity contribution in [2.45, 2.75) is 27.7 Å². The van der Waals surface area contributed by atoms with E-state index in [2.05, 4.69) is 40.9 Å². The average molecular weight is 761 g/mol. The molecule has 55 heavy (non-hydrogen) atoms. The highest BCUT2D eigenvalue weighted by Gasteiger charge is 2.05. The molecule has 0 aliphatic heterocycles. The third-order valence-electron chi connectivity index (χ3n) is 7.38. The van der Waals surface area contributed by atoms with Gasteiger partial charge in [-0.1, -0.05) is 11.6 Å². The van der Waals surface area contributed by atoms with Crippen LogP contribution < -0.4 is 9.47 Å². The zero-order chi connectivity index (χ0) is 39.0. The second kappa shape index (κ2) is 20.0. The Morgan fingerprint density at radius 2 is 0.818 bits per heavy atom. The number of halogens is 1. The number of carbonyl (C=O) groups is 2. The minimum Gasteiger partial charge on any atom is -0.490 e. The molecule has 0 atom stereocenters. The van der Waals surface area contributed by atoms with Crippen LogP contribution in [0, 0.1) is 13.8 Å². The minimum atomic E-state index is -0.365. The Kier molecular flexibility index (Phi) is 14.4. The van der Waals surface area contributed by atoms with Crippen molar-refractivity contribution in [3.63, 3.8) is 0 Å². The minimum absolute atomic E-state index is 0.150. The van der Waals surface area contributed by atoms with Crippen LogP contribution in [0.4, 0.5) is 45.5 Å². The molecule has 0 heterocycles. The summed E-state index contributed by atoms with van der Waals surface area (Å²) in [6.45, 7) is 7.38. The highest BCUT2D eigenvalue weighted by molar-refractivity contribution is 6.33. The molecule has 0 amide bonds. The molecule has 5 aromatic carbocycles. The van der Waals surface area contributed by atoms with Crippen molar-refractivity contribution < 1.29 is 28.5 Å². The van der Waals surface area contributed by atoms with Gasteiger partial charge in [-0.15, -0.1) is 5.11 Å². The number of rotatable bonds is 16. The van der Waals surface area contributed by atoms with Crippen LogP contribution in [0.1, 0.15) is 25.0 Å². The van der Waals surface area contributed by atoms with Gasteiger partial charge in [0.1, 0.15) is 43.6 Å². The van der Waals surface area contributed by atoms with Crippen LogP contribution in [0.5, 0.6) is 11.5 Å². The third-order valence-corrected chi connectivity index (χ3v) is 7.68. The summed E-state index contributed by atoms with van der Waals surface area (Å²) < 4.78 is 20.8. The van der Waals surface area contributed by atoms with E-state index in [1.54, 1.807) is 66.7 Å². The van der Waals surface area contributed by atoms with Crippen LogP contribution in [-0.2, 0) is 19.1 Å². The normalized spacial score (nSPS) is 11.5. The van der Waals surface area contributed by atoms with E-state index in [4.69, 9.17) is 30.5 Å². The summed E-state index contributed by atoms with van der Waals surface area (Å²) >= 11 is 6.34.